The molecule has 1 aromatic rings. The zero-order valence-electron chi connectivity index (χ0n) is 9.59. The third-order valence-electron chi connectivity index (χ3n) is 3.03. The lowest BCUT2D eigenvalue weighted by atomic mass is 10.2. The van der Waals surface area contributed by atoms with E-state index >= 15 is 0 Å². The topological polar surface area (TPSA) is 48.1 Å². The largest absolute Gasteiger partial charge is 0.340 e. The molecule has 0 radical (unpaired) electrons. The Hall–Kier alpha value is -0.710. The van der Waals surface area contributed by atoms with Gasteiger partial charge in [0.15, 0.2) is 0 Å². The lowest BCUT2D eigenvalue weighted by Gasteiger charge is -2.23. The van der Waals surface area contributed by atoms with Crippen molar-refractivity contribution in [2.75, 3.05) is 20.1 Å². The molecule has 1 saturated heterocycles. The Balaban J connectivity index is 2.13. The van der Waals surface area contributed by atoms with Gasteiger partial charge in [0.05, 0.1) is 5.02 Å². The minimum absolute atomic E-state index is 0.0310. The van der Waals surface area contributed by atoms with Crippen molar-refractivity contribution in [1.82, 2.24) is 15.2 Å². The molecule has 0 spiro atoms. The predicted molar refractivity (Wildman–Crippen MR) is 68.8 cm³/mol. The molecular weight excluding hydrogens is 261 g/mol. The second-order valence-corrected chi connectivity index (χ2v) is 4.98. The molecule has 1 aromatic heterocycles. The van der Waals surface area contributed by atoms with Gasteiger partial charge < -0.3 is 15.2 Å². The molecule has 0 aliphatic carbocycles. The first-order valence-corrected chi connectivity index (χ1v) is 6.38. The van der Waals surface area contributed by atoms with Crippen LogP contribution in [-0.4, -0.2) is 42.0 Å². The van der Waals surface area contributed by atoms with Gasteiger partial charge in [-0.05, 0) is 26.0 Å². The van der Waals surface area contributed by atoms with Crippen molar-refractivity contribution in [2.45, 2.75) is 18.9 Å². The Morgan fingerprint density at radius 3 is 3.00 bits per heavy atom. The zero-order valence-corrected chi connectivity index (χ0v) is 11.1. The van der Waals surface area contributed by atoms with Crippen LogP contribution in [-0.2, 0) is 0 Å². The highest BCUT2D eigenvalue weighted by Gasteiger charge is 2.29. The normalized spacial score (nSPS) is 19.9. The number of nitrogens with zero attached hydrogens (tertiary/aromatic N) is 1. The number of H-pyrrole nitrogens is 1. The standard InChI is InChI=1S/C11H15Cl2N3O/c1-14-6-7-3-2-4-16(7)11(17)9-5-8(12)10(13)15-9/h5,7,14-15H,2-4,6H2,1H3. The zero-order chi connectivity index (χ0) is 12.4. The van der Waals surface area contributed by atoms with E-state index in [4.69, 9.17) is 23.2 Å². The molecule has 94 valence electrons. The molecule has 6 heteroatoms. The van der Waals surface area contributed by atoms with Gasteiger partial charge in [-0.1, -0.05) is 23.2 Å². The first kappa shape index (κ1) is 12.7. The molecule has 2 rings (SSSR count). The Labute approximate surface area is 110 Å². The summed E-state index contributed by atoms with van der Waals surface area (Å²) in [6.07, 6.45) is 2.08. The number of likely N-dealkylation sites (tertiary alicyclic amines) is 1. The average Bonchev–Trinajstić information content (AvgIpc) is 2.87. The maximum Gasteiger partial charge on any atom is 0.270 e. The van der Waals surface area contributed by atoms with Crippen molar-refractivity contribution in [2.24, 2.45) is 0 Å². The summed E-state index contributed by atoms with van der Waals surface area (Å²) in [7, 11) is 1.89. The van der Waals surface area contributed by atoms with Crippen molar-refractivity contribution in [3.8, 4) is 0 Å². The quantitative estimate of drug-likeness (QED) is 0.888. The number of hydrogen-bond donors (Lipinski definition) is 2. The number of halogens is 2. The van der Waals surface area contributed by atoms with E-state index in [1.54, 1.807) is 6.07 Å². The number of carbonyl (C=O) groups is 1. The second kappa shape index (κ2) is 5.29. The number of hydrogen-bond acceptors (Lipinski definition) is 2. The van der Waals surface area contributed by atoms with Crippen LogP contribution in [0.3, 0.4) is 0 Å². The number of amides is 1. The summed E-state index contributed by atoms with van der Waals surface area (Å²) in [5.74, 6) is -0.0310. The van der Waals surface area contributed by atoms with Crippen molar-refractivity contribution in [3.05, 3.63) is 21.9 Å². The van der Waals surface area contributed by atoms with Crippen LogP contribution in [0.15, 0.2) is 6.07 Å². The summed E-state index contributed by atoms with van der Waals surface area (Å²) < 4.78 is 0. The third-order valence-corrected chi connectivity index (χ3v) is 3.73. The highest BCUT2D eigenvalue weighted by atomic mass is 35.5. The molecule has 1 fully saturated rings. The van der Waals surface area contributed by atoms with Gasteiger partial charge in [-0.3, -0.25) is 4.79 Å². The van der Waals surface area contributed by atoms with Crippen LogP contribution in [0.1, 0.15) is 23.3 Å². The Morgan fingerprint density at radius 1 is 1.65 bits per heavy atom. The van der Waals surface area contributed by atoms with Crippen molar-refractivity contribution in [3.63, 3.8) is 0 Å². The molecule has 1 atom stereocenters. The van der Waals surface area contributed by atoms with Gasteiger partial charge >= 0.3 is 0 Å². The van der Waals surface area contributed by atoms with Gasteiger partial charge in [0.25, 0.3) is 5.91 Å². The van der Waals surface area contributed by atoms with Gasteiger partial charge in [0, 0.05) is 19.1 Å². The molecule has 1 amide bonds. The van der Waals surface area contributed by atoms with E-state index in [-0.39, 0.29) is 11.9 Å². The van der Waals surface area contributed by atoms with Crippen LogP contribution in [0.2, 0.25) is 10.2 Å². The van der Waals surface area contributed by atoms with E-state index in [0.717, 1.165) is 25.9 Å². The fourth-order valence-electron chi connectivity index (χ4n) is 2.22. The fraction of sp³-hybridized carbons (Fsp3) is 0.545. The van der Waals surface area contributed by atoms with E-state index in [0.29, 0.717) is 15.9 Å². The molecular formula is C11H15Cl2N3O. The minimum Gasteiger partial charge on any atom is -0.340 e. The molecule has 1 aliphatic heterocycles. The molecule has 0 aromatic carbocycles. The van der Waals surface area contributed by atoms with E-state index in [9.17, 15) is 4.79 Å². The summed E-state index contributed by atoms with van der Waals surface area (Å²) in [6.45, 7) is 1.60. The number of nitrogens with one attached hydrogen (secondary N) is 2. The average molecular weight is 276 g/mol. The first-order valence-electron chi connectivity index (χ1n) is 5.63. The minimum atomic E-state index is -0.0310. The van der Waals surface area contributed by atoms with E-state index in [2.05, 4.69) is 10.3 Å². The molecule has 4 nitrogen and oxygen atoms in total. The van der Waals surface area contributed by atoms with Crippen molar-refractivity contribution < 1.29 is 4.79 Å². The van der Waals surface area contributed by atoms with Gasteiger partial charge in [0.2, 0.25) is 0 Å². The Morgan fingerprint density at radius 2 is 2.41 bits per heavy atom. The van der Waals surface area contributed by atoms with Crippen molar-refractivity contribution in [1.29, 1.82) is 0 Å². The number of rotatable bonds is 3. The van der Waals surface area contributed by atoms with Crippen LogP contribution < -0.4 is 5.32 Å². The van der Waals surface area contributed by atoms with Crippen LogP contribution in [0.5, 0.6) is 0 Å². The van der Waals surface area contributed by atoms with Gasteiger partial charge in [-0.15, -0.1) is 0 Å². The molecule has 1 unspecified atom stereocenters. The van der Waals surface area contributed by atoms with Crippen LogP contribution in [0.25, 0.3) is 0 Å². The maximum atomic E-state index is 12.2. The monoisotopic (exact) mass is 275 g/mol. The fourth-order valence-corrected chi connectivity index (χ4v) is 2.54. The lowest BCUT2D eigenvalue weighted by molar-refractivity contribution is 0.0732. The maximum absolute atomic E-state index is 12.2. The third kappa shape index (κ3) is 2.59. The molecule has 17 heavy (non-hydrogen) atoms. The van der Waals surface area contributed by atoms with Crippen LogP contribution in [0.4, 0.5) is 0 Å². The Bertz CT molecular complexity index is 399. The summed E-state index contributed by atoms with van der Waals surface area (Å²) in [6, 6.07) is 1.84. The van der Waals surface area contributed by atoms with E-state index < -0.39 is 0 Å². The van der Waals surface area contributed by atoms with Gasteiger partial charge in [-0.25, -0.2) is 0 Å². The summed E-state index contributed by atoms with van der Waals surface area (Å²) in [4.78, 5) is 16.9. The molecule has 0 bridgehead atoms. The lowest BCUT2D eigenvalue weighted by Crippen LogP contribution is -2.40. The van der Waals surface area contributed by atoms with E-state index in [1.807, 2.05) is 11.9 Å². The van der Waals surface area contributed by atoms with E-state index in [1.165, 1.54) is 0 Å². The SMILES string of the molecule is CNCC1CCCN1C(=O)c1cc(Cl)c(Cl)[nH]1. The Kier molecular flexibility index (Phi) is 3.97. The highest BCUT2D eigenvalue weighted by molar-refractivity contribution is 6.41. The predicted octanol–water partition coefficient (Wildman–Crippen LogP) is 2.15. The molecule has 0 saturated carbocycles. The van der Waals surface area contributed by atoms with Crippen LogP contribution >= 0.6 is 23.2 Å². The van der Waals surface area contributed by atoms with Gasteiger partial charge in [0.1, 0.15) is 10.8 Å². The second-order valence-electron chi connectivity index (χ2n) is 4.20. The first-order chi connectivity index (χ1) is 8.13. The van der Waals surface area contributed by atoms with Crippen molar-refractivity contribution >= 4 is 29.1 Å². The van der Waals surface area contributed by atoms with Crippen LogP contribution in [0, 0.1) is 0 Å². The summed E-state index contributed by atoms with van der Waals surface area (Å²) in [5.41, 5.74) is 0.461. The highest BCUT2D eigenvalue weighted by Crippen LogP contribution is 2.25. The molecule has 1 aliphatic rings. The molecule has 2 N–H and O–H groups in total. The summed E-state index contributed by atoms with van der Waals surface area (Å²) >= 11 is 11.6. The number of carbonyl (C=O) groups excluding carboxylic acids is 1. The smallest absolute Gasteiger partial charge is 0.270 e. The summed E-state index contributed by atoms with van der Waals surface area (Å²) in [5, 5.41) is 3.81. The number of likely N-dealkylation sites (N-methyl/N-ethyl adjacent to an activating group) is 1. The van der Waals surface area contributed by atoms with Gasteiger partial charge in [-0.2, -0.15) is 0 Å². The molecule has 2 heterocycles. The number of aromatic amines is 1. The number of aromatic nitrogens is 1.